The topological polar surface area (TPSA) is 57.6 Å². The predicted molar refractivity (Wildman–Crippen MR) is 90.6 cm³/mol. The number of carbonyl (C=O) groups excluding carboxylic acids is 1. The highest BCUT2D eigenvalue weighted by Gasteiger charge is 2.43. The van der Waals surface area contributed by atoms with E-state index in [0.29, 0.717) is 10.6 Å². The average molecular weight is 366 g/mol. The minimum absolute atomic E-state index is 0.150. The zero-order valence-corrected chi connectivity index (χ0v) is 13.9. The van der Waals surface area contributed by atoms with Gasteiger partial charge >= 0.3 is 5.97 Å². The van der Waals surface area contributed by atoms with E-state index in [1.165, 1.54) is 34.9 Å². The maximum atomic E-state index is 14.0. The minimum atomic E-state index is -1.12. The van der Waals surface area contributed by atoms with Crippen LogP contribution in [0.15, 0.2) is 48.5 Å². The molecule has 24 heavy (non-hydrogen) atoms. The molecule has 1 aliphatic heterocycles. The zero-order valence-electron chi connectivity index (χ0n) is 12.4. The van der Waals surface area contributed by atoms with Gasteiger partial charge < -0.3 is 10.0 Å². The lowest BCUT2D eigenvalue weighted by Gasteiger charge is -2.28. The number of benzene rings is 2. The number of halogens is 2. The fourth-order valence-electron chi connectivity index (χ4n) is 2.63. The third-order valence-corrected chi connectivity index (χ3v) is 5.44. The van der Waals surface area contributed by atoms with Crippen LogP contribution in [-0.4, -0.2) is 33.7 Å². The molecule has 4 nitrogen and oxygen atoms in total. The molecule has 1 aliphatic rings. The molecular weight excluding hydrogens is 353 g/mol. The first kappa shape index (κ1) is 16.8. The van der Waals surface area contributed by atoms with Crippen LogP contribution in [0.25, 0.3) is 0 Å². The van der Waals surface area contributed by atoms with E-state index in [-0.39, 0.29) is 11.3 Å². The SMILES string of the molecule is O=C(O)[C@@H]1CS[C@@H](c2ccccc2Cl)N1C(=O)c1ccccc1F. The minimum Gasteiger partial charge on any atom is -0.480 e. The van der Waals surface area contributed by atoms with Gasteiger partial charge in [0.2, 0.25) is 0 Å². The zero-order chi connectivity index (χ0) is 17.3. The molecule has 7 heteroatoms. The van der Waals surface area contributed by atoms with E-state index in [2.05, 4.69) is 0 Å². The lowest BCUT2D eigenvalue weighted by molar-refractivity contribution is -0.141. The van der Waals surface area contributed by atoms with Crippen LogP contribution >= 0.6 is 23.4 Å². The van der Waals surface area contributed by atoms with Crippen molar-refractivity contribution in [2.45, 2.75) is 11.4 Å². The Morgan fingerprint density at radius 2 is 1.83 bits per heavy atom. The molecule has 0 bridgehead atoms. The average Bonchev–Trinajstić information content (AvgIpc) is 3.00. The van der Waals surface area contributed by atoms with Crippen molar-refractivity contribution in [1.82, 2.24) is 4.90 Å². The highest BCUT2D eigenvalue weighted by Crippen LogP contribution is 2.44. The number of hydrogen-bond acceptors (Lipinski definition) is 3. The van der Waals surface area contributed by atoms with Crippen molar-refractivity contribution in [2.24, 2.45) is 0 Å². The van der Waals surface area contributed by atoms with Gasteiger partial charge in [0.15, 0.2) is 0 Å². The van der Waals surface area contributed by atoms with Gasteiger partial charge in [-0.25, -0.2) is 9.18 Å². The van der Waals surface area contributed by atoms with E-state index in [1.807, 2.05) is 0 Å². The number of carboxylic acids is 1. The number of aliphatic carboxylic acids is 1. The molecule has 0 unspecified atom stereocenters. The predicted octanol–water partition coefficient (Wildman–Crippen LogP) is 3.82. The third kappa shape index (κ3) is 2.99. The van der Waals surface area contributed by atoms with Crippen molar-refractivity contribution < 1.29 is 19.1 Å². The highest BCUT2D eigenvalue weighted by atomic mass is 35.5. The van der Waals surface area contributed by atoms with E-state index in [4.69, 9.17) is 11.6 Å². The van der Waals surface area contributed by atoms with E-state index in [1.54, 1.807) is 30.3 Å². The Labute approximate surface area is 147 Å². The van der Waals surface area contributed by atoms with Crippen LogP contribution in [0.5, 0.6) is 0 Å². The second-order valence-corrected chi connectivity index (χ2v) is 6.77. The van der Waals surface area contributed by atoms with Gasteiger partial charge in [-0.15, -0.1) is 11.8 Å². The van der Waals surface area contributed by atoms with Gasteiger partial charge in [-0.1, -0.05) is 41.9 Å². The Balaban J connectivity index is 2.05. The molecule has 0 saturated carbocycles. The Bertz CT molecular complexity index is 801. The smallest absolute Gasteiger partial charge is 0.327 e. The summed E-state index contributed by atoms with van der Waals surface area (Å²) in [5.74, 6) is -2.25. The molecule has 2 atom stereocenters. The Hall–Kier alpha value is -2.05. The van der Waals surface area contributed by atoms with Crippen molar-refractivity contribution in [2.75, 3.05) is 5.75 Å². The van der Waals surface area contributed by atoms with Gasteiger partial charge in [-0.2, -0.15) is 0 Å². The number of nitrogens with zero attached hydrogens (tertiary/aromatic N) is 1. The van der Waals surface area contributed by atoms with Gasteiger partial charge in [0.05, 0.1) is 5.56 Å². The van der Waals surface area contributed by atoms with Crippen LogP contribution in [-0.2, 0) is 4.79 Å². The summed E-state index contributed by atoms with van der Waals surface area (Å²) in [5, 5.41) is 9.31. The second kappa shape index (κ2) is 6.83. The van der Waals surface area contributed by atoms with Crippen LogP contribution in [0.2, 0.25) is 5.02 Å². The van der Waals surface area contributed by atoms with Crippen molar-refractivity contribution in [3.63, 3.8) is 0 Å². The lowest BCUT2D eigenvalue weighted by atomic mass is 10.1. The molecule has 2 aromatic rings. The Morgan fingerprint density at radius 1 is 1.17 bits per heavy atom. The molecule has 0 aliphatic carbocycles. The molecule has 2 aromatic carbocycles. The second-order valence-electron chi connectivity index (χ2n) is 5.25. The molecule has 1 amide bonds. The summed E-state index contributed by atoms with van der Waals surface area (Å²) >= 11 is 7.51. The largest absolute Gasteiger partial charge is 0.480 e. The van der Waals surface area contributed by atoms with Gasteiger partial charge in [0, 0.05) is 16.3 Å². The highest BCUT2D eigenvalue weighted by molar-refractivity contribution is 7.99. The molecule has 0 aromatic heterocycles. The summed E-state index contributed by atoms with van der Waals surface area (Å²) in [7, 11) is 0. The first-order chi connectivity index (χ1) is 11.5. The fraction of sp³-hybridized carbons (Fsp3) is 0.176. The number of carboxylic acid groups (broad SMARTS) is 1. The van der Waals surface area contributed by atoms with Crippen LogP contribution < -0.4 is 0 Å². The number of thioether (sulfide) groups is 1. The van der Waals surface area contributed by atoms with Gasteiger partial charge in [0.1, 0.15) is 17.2 Å². The van der Waals surface area contributed by atoms with Crippen LogP contribution in [0.3, 0.4) is 0 Å². The molecule has 0 radical (unpaired) electrons. The van der Waals surface area contributed by atoms with Crippen molar-refractivity contribution >= 4 is 35.2 Å². The molecule has 1 N–H and O–H groups in total. The summed E-state index contributed by atoms with van der Waals surface area (Å²) in [5.41, 5.74) is 0.487. The number of hydrogen-bond donors (Lipinski definition) is 1. The van der Waals surface area contributed by atoms with E-state index in [0.717, 1.165) is 0 Å². The van der Waals surface area contributed by atoms with Crippen molar-refractivity contribution in [3.05, 3.63) is 70.5 Å². The van der Waals surface area contributed by atoms with Gasteiger partial charge in [-0.3, -0.25) is 4.79 Å². The van der Waals surface area contributed by atoms with Crippen LogP contribution in [0.1, 0.15) is 21.3 Å². The number of carbonyl (C=O) groups is 2. The first-order valence-corrected chi connectivity index (χ1v) is 8.59. The van der Waals surface area contributed by atoms with E-state index < -0.39 is 29.1 Å². The monoisotopic (exact) mass is 365 g/mol. The summed E-state index contributed by atoms with van der Waals surface area (Å²) in [6.07, 6.45) is 0. The molecule has 124 valence electrons. The maximum absolute atomic E-state index is 14.0. The van der Waals surface area contributed by atoms with E-state index >= 15 is 0 Å². The van der Waals surface area contributed by atoms with Crippen molar-refractivity contribution in [1.29, 1.82) is 0 Å². The normalized spacial score (nSPS) is 20.2. The molecule has 1 saturated heterocycles. The Kier molecular flexibility index (Phi) is 4.78. The quantitative estimate of drug-likeness (QED) is 0.898. The maximum Gasteiger partial charge on any atom is 0.327 e. The summed E-state index contributed by atoms with van der Waals surface area (Å²) in [6.45, 7) is 0. The number of rotatable bonds is 3. The summed E-state index contributed by atoms with van der Waals surface area (Å²) in [4.78, 5) is 25.6. The van der Waals surface area contributed by atoms with Crippen LogP contribution in [0.4, 0.5) is 4.39 Å². The molecular formula is C17H13ClFNO3S. The first-order valence-electron chi connectivity index (χ1n) is 7.16. The fourth-order valence-corrected chi connectivity index (χ4v) is 4.39. The molecule has 1 fully saturated rings. The summed E-state index contributed by atoms with van der Waals surface area (Å²) < 4.78 is 14.0. The Morgan fingerprint density at radius 3 is 2.50 bits per heavy atom. The van der Waals surface area contributed by atoms with Gasteiger partial charge in [0.25, 0.3) is 5.91 Å². The molecule has 0 spiro atoms. The van der Waals surface area contributed by atoms with Crippen LogP contribution in [0, 0.1) is 5.82 Å². The van der Waals surface area contributed by atoms with Crippen molar-refractivity contribution in [3.8, 4) is 0 Å². The number of amides is 1. The summed E-state index contributed by atoms with van der Waals surface area (Å²) in [6, 6.07) is 11.4. The third-order valence-electron chi connectivity index (χ3n) is 3.80. The lowest BCUT2D eigenvalue weighted by Crippen LogP contribution is -2.43. The standard InChI is InChI=1S/C17H13ClFNO3S/c18-12-7-3-1-5-10(12)16-20(14(9-24-16)17(22)23)15(21)11-6-2-4-8-13(11)19/h1-8,14,16H,9H2,(H,22,23)/t14-,16-/m0/s1. The van der Waals surface area contributed by atoms with E-state index in [9.17, 15) is 19.1 Å². The van der Waals surface area contributed by atoms with Gasteiger partial charge in [-0.05, 0) is 18.2 Å². The molecule has 1 heterocycles. The molecule has 3 rings (SSSR count).